The third-order valence-corrected chi connectivity index (χ3v) is 4.68. The highest BCUT2D eigenvalue weighted by Crippen LogP contribution is 2.29. The van der Waals surface area contributed by atoms with Crippen molar-refractivity contribution in [2.75, 3.05) is 0 Å². The smallest absolute Gasteiger partial charge is 0.261 e. The lowest BCUT2D eigenvalue weighted by molar-refractivity contribution is -0.128. The molecule has 0 radical (unpaired) electrons. The van der Waals surface area contributed by atoms with Gasteiger partial charge in [-0.1, -0.05) is 32.8 Å². The standard InChI is InChI=1S/C18H24N2O2/c1-12-6-4-9-17(13(12)2)20-18(21)14(3)22-16-8-5-7-15(10-16)11-19/h5,7-8,10,12-14,17H,4,6,9H2,1-3H3,(H,20,21)/t12-,13+,14+,17+/m0/s1. The highest BCUT2D eigenvalue weighted by atomic mass is 16.5. The number of benzene rings is 1. The van der Waals surface area contributed by atoms with Crippen molar-refractivity contribution in [3.05, 3.63) is 29.8 Å². The largest absolute Gasteiger partial charge is 0.481 e. The number of amides is 1. The molecule has 1 N–H and O–H groups in total. The van der Waals surface area contributed by atoms with Gasteiger partial charge in [-0.2, -0.15) is 5.26 Å². The van der Waals surface area contributed by atoms with Crippen molar-refractivity contribution in [2.24, 2.45) is 11.8 Å². The van der Waals surface area contributed by atoms with Crippen LogP contribution in [0.4, 0.5) is 0 Å². The minimum absolute atomic E-state index is 0.0895. The molecule has 22 heavy (non-hydrogen) atoms. The summed E-state index contributed by atoms with van der Waals surface area (Å²) in [7, 11) is 0. The van der Waals surface area contributed by atoms with Gasteiger partial charge in [-0.25, -0.2) is 0 Å². The molecule has 1 fully saturated rings. The highest BCUT2D eigenvalue weighted by molar-refractivity contribution is 5.81. The van der Waals surface area contributed by atoms with Gasteiger partial charge in [-0.15, -0.1) is 0 Å². The number of ether oxygens (including phenoxy) is 1. The molecule has 1 aromatic carbocycles. The van der Waals surface area contributed by atoms with Crippen molar-refractivity contribution >= 4 is 5.91 Å². The Kier molecular flexibility index (Phi) is 5.43. The lowest BCUT2D eigenvalue weighted by Crippen LogP contribution is -2.48. The van der Waals surface area contributed by atoms with Crippen molar-refractivity contribution in [3.8, 4) is 11.8 Å². The van der Waals surface area contributed by atoms with E-state index in [-0.39, 0.29) is 11.9 Å². The summed E-state index contributed by atoms with van der Waals surface area (Å²) in [6.07, 6.45) is 2.86. The molecule has 2 rings (SSSR count). The number of carbonyl (C=O) groups excluding carboxylic acids is 1. The second-order valence-electron chi connectivity index (χ2n) is 6.28. The van der Waals surface area contributed by atoms with Crippen LogP contribution in [-0.4, -0.2) is 18.1 Å². The van der Waals surface area contributed by atoms with E-state index in [9.17, 15) is 4.79 Å². The molecular weight excluding hydrogens is 276 g/mol. The normalized spacial score (nSPS) is 25.8. The first-order valence-electron chi connectivity index (χ1n) is 7.98. The first-order valence-corrected chi connectivity index (χ1v) is 7.98. The fourth-order valence-electron chi connectivity index (χ4n) is 2.98. The number of nitrogens with one attached hydrogen (secondary N) is 1. The number of hydrogen-bond acceptors (Lipinski definition) is 3. The van der Waals surface area contributed by atoms with Crippen molar-refractivity contribution in [1.82, 2.24) is 5.32 Å². The van der Waals surface area contributed by atoms with Gasteiger partial charge in [0.05, 0.1) is 11.6 Å². The molecule has 4 nitrogen and oxygen atoms in total. The number of carbonyl (C=O) groups is 1. The number of rotatable bonds is 4. The fraction of sp³-hybridized carbons (Fsp3) is 0.556. The van der Waals surface area contributed by atoms with Crippen molar-refractivity contribution in [2.45, 2.75) is 52.2 Å². The van der Waals surface area contributed by atoms with Gasteiger partial charge < -0.3 is 10.1 Å². The van der Waals surface area contributed by atoms with Crippen LogP contribution in [0.5, 0.6) is 5.75 Å². The minimum Gasteiger partial charge on any atom is -0.481 e. The summed E-state index contributed by atoms with van der Waals surface area (Å²) in [5.74, 6) is 1.59. The third kappa shape index (κ3) is 4.00. The molecule has 4 heteroatoms. The highest BCUT2D eigenvalue weighted by Gasteiger charge is 2.29. The van der Waals surface area contributed by atoms with Crippen LogP contribution in [0, 0.1) is 23.2 Å². The predicted molar refractivity (Wildman–Crippen MR) is 85.4 cm³/mol. The van der Waals surface area contributed by atoms with E-state index in [0.29, 0.717) is 23.1 Å². The Bertz CT molecular complexity index is 564. The Morgan fingerprint density at radius 1 is 1.41 bits per heavy atom. The van der Waals surface area contributed by atoms with E-state index in [2.05, 4.69) is 25.2 Å². The van der Waals surface area contributed by atoms with Crippen LogP contribution in [0.1, 0.15) is 45.6 Å². The van der Waals surface area contributed by atoms with Gasteiger partial charge in [-0.05, 0) is 43.4 Å². The maximum absolute atomic E-state index is 12.3. The van der Waals surface area contributed by atoms with Gasteiger partial charge in [0.1, 0.15) is 5.75 Å². The van der Waals surface area contributed by atoms with Crippen LogP contribution in [0.3, 0.4) is 0 Å². The van der Waals surface area contributed by atoms with E-state index in [1.54, 1.807) is 31.2 Å². The van der Waals surface area contributed by atoms with Crippen LogP contribution in [0.2, 0.25) is 0 Å². The van der Waals surface area contributed by atoms with Crippen LogP contribution >= 0.6 is 0 Å². The molecule has 0 aromatic heterocycles. The summed E-state index contributed by atoms with van der Waals surface area (Å²) in [6.45, 7) is 6.19. The summed E-state index contributed by atoms with van der Waals surface area (Å²) in [4.78, 5) is 12.3. The molecule has 1 aliphatic carbocycles. The molecule has 1 aliphatic rings. The Morgan fingerprint density at radius 3 is 2.91 bits per heavy atom. The molecule has 1 saturated carbocycles. The quantitative estimate of drug-likeness (QED) is 0.928. The van der Waals surface area contributed by atoms with Gasteiger partial charge in [0.2, 0.25) is 0 Å². The summed E-state index contributed by atoms with van der Waals surface area (Å²) in [6, 6.07) is 9.17. The van der Waals surface area contributed by atoms with Crippen LogP contribution in [0.25, 0.3) is 0 Å². The van der Waals surface area contributed by atoms with Crippen LogP contribution < -0.4 is 10.1 Å². The van der Waals surface area contributed by atoms with E-state index in [4.69, 9.17) is 10.00 Å². The predicted octanol–water partition coefficient (Wildman–Crippen LogP) is 3.27. The van der Waals surface area contributed by atoms with E-state index in [1.165, 1.54) is 6.42 Å². The zero-order valence-corrected chi connectivity index (χ0v) is 13.5. The van der Waals surface area contributed by atoms with Crippen molar-refractivity contribution < 1.29 is 9.53 Å². The van der Waals surface area contributed by atoms with Crippen molar-refractivity contribution in [1.29, 1.82) is 5.26 Å². The van der Waals surface area contributed by atoms with E-state index in [0.717, 1.165) is 12.8 Å². The van der Waals surface area contributed by atoms with Gasteiger partial charge in [0, 0.05) is 6.04 Å². The molecule has 0 unspecified atom stereocenters. The van der Waals surface area contributed by atoms with Crippen molar-refractivity contribution in [3.63, 3.8) is 0 Å². The first-order chi connectivity index (χ1) is 10.5. The van der Waals surface area contributed by atoms with E-state index >= 15 is 0 Å². The molecule has 0 saturated heterocycles. The maximum Gasteiger partial charge on any atom is 0.261 e. The fourth-order valence-corrected chi connectivity index (χ4v) is 2.98. The number of hydrogen-bond donors (Lipinski definition) is 1. The Morgan fingerprint density at radius 2 is 2.18 bits per heavy atom. The van der Waals surface area contributed by atoms with Crippen LogP contribution in [0.15, 0.2) is 24.3 Å². The van der Waals surface area contributed by atoms with Gasteiger partial charge in [0.15, 0.2) is 6.10 Å². The second-order valence-corrected chi connectivity index (χ2v) is 6.28. The zero-order valence-electron chi connectivity index (χ0n) is 13.5. The lowest BCUT2D eigenvalue weighted by Gasteiger charge is -2.35. The van der Waals surface area contributed by atoms with E-state index in [1.807, 2.05) is 0 Å². The average molecular weight is 300 g/mol. The summed E-state index contributed by atoms with van der Waals surface area (Å²) in [5.41, 5.74) is 0.528. The SMILES string of the molecule is C[C@@H]1[C@@H](C)CCC[C@H]1NC(=O)[C@@H](C)Oc1cccc(C#N)c1. The Balaban J connectivity index is 1.93. The molecule has 118 valence electrons. The molecule has 1 amide bonds. The zero-order chi connectivity index (χ0) is 16.1. The summed E-state index contributed by atoms with van der Waals surface area (Å²) >= 11 is 0. The Hall–Kier alpha value is -2.02. The molecule has 1 aromatic rings. The molecule has 4 atom stereocenters. The average Bonchev–Trinajstić information content (AvgIpc) is 2.52. The monoisotopic (exact) mass is 300 g/mol. The second kappa shape index (κ2) is 7.31. The summed E-state index contributed by atoms with van der Waals surface area (Å²) in [5, 5.41) is 12.0. The molecule has 0 heterocycles. The van der Waals surface area contributed by atoms with Gasteiger partial charge >= 0.3 is 0 Å². The Labute approximate surface area is 132 Å². The van der Waals surface area contributed by atoms with Gasteiger partial charge in [-0.3, -0.25) is 4.79 Å². The molecule has 0 bridgehead atoms. The van der Waals surface area contributed by atoms with E-state index < -0.39 is 6.10 Å². The molecule has 0 spiro atoms. The lowest BCUT2D eigenvalue weighted by atomic mass is 9.78. The number of nitriles is 1. The maximum atomic E-state index is 12.3. The first kappa shape index (κ1) is 16.4. The topological polar surface area (TPSA) is 62.1 Å². The summed E-state index contributed by atoms with van der Waals surface area (Å²) < 4.78 is 5.66. The molecular formula is C18H24N2O2. The van der Waals surface area contributed by atoms with Crippen LogP contribution in [-0.2, 0) is 4.79 Å². The third-order valence-electron chi connectivity index (χ3n) is 4.68. The van der Waals surface area contributed by atoms with Gasteiger partial charge in [0.25, 0.3) is 5.91 Å². The number of nitrogens with zero attached hydrogens (tertiary/aromatic N) is 1. The minimum atomic E-state index is -0.571. The molecule has 0 aliphatic heterocycles.